The lowest BCUT2D eigenvalue weighted by molar-refractivity contribution is 0.519. The van der Waals surface area contributed by atoms with Crippen molar-refractivity contribution in [2.75, 3.05) is 0 Å². The number of hydrogen-bond donors (Lipinski definition) is 1. The molecule has 1 aromatic carbocycles. The lowest BCUT2D eigenvalue weighted by Crippen LogP contribution is -2.39. The summed E-state index contributed by atoms with van der Waals surface area (Å²) in [5, 5.41) is 4.47. The van der Waals surface area contributed by atoms with Crippen molar-refractivity contribution in [1.82, 2.24) is 9.78 Å². The topological polar surface area (TPSA) is 60.9 Å². The number of aryl methyl sites for hydroxylation is 3. The van der Waals surface area contributed by atoms with Crippen LogP contribution in [-0.2, 0) is 12.1 Å². The molecule has 0 aliphatic carbocycles. The fourth-order valence-electron chi connectivity index (χ4n) is 2.45. The number of aromatic nitrogens is 2. The van der Waals surface area contributed by atoms with Gasteiger partial charge in [-0.25, -0.2) is 4.68 Å². The van der Waals surface area contributed by atoms with E-state index in [-0.39, 0.29) is 5.56 Å². The first kappa shape index (κ1) is 15.4. The monoisotopic (exact) mass is 285 g/mol. The van der Waals surface area contributed by atoms with Crippen molar-refractivity contribution in [1.29, 1.82) is 0 Å². The molecule has 2 N–H and O–H groups in total. The third-order valence-electron chi connectivity index (χ3n) is 3.63. The molecular formula is C17H23N3O. The van der Waals surface area contributed by atoms with Crippen molar-refractivity contribution >= 4 is 0 Å². The highest BCUT2D eigenvalue weighted by molar-refractivity contribution is 5.64. The Morgan fingerprint density at radius 3 is 2.43 bits per heavy atom. The molecule has 0 amide bonds. The fourth-order valence-corrected chi connectivity index (χ4v) is 2.45. The molecule has 0 aliphatic heterocycles. The van der Waals surface area contributed by atoms with Gasteiger partial charge in [-0.2, -0.15) is 5.10 Å². The van der Waals surface area contributed by atoms with Crippen LogP contribution in [0.25, 0.3) is 11.3 Å². The Balaban J connectivity index is 2.73. The smallest absolute Gasteiger partial charge is 0.271 e. The zero-order valence-electron chi connectivity index (χ0n) is 13.4. The molecule has 0 fully saturated rings. The van der Waals surface area contributed by atoms with Crippen LogP contribution >= 0.6 is 0 Å². The van der Waals surface area contributed by atoms with Crippen molar-refractivity contribution in [3.63, 3.8) is 0 Å². The summed E-state index contributed by atoms with van der Waals surface area (Å²) in [5.41, 5.74) is 10.1. The second kappa shape index (κ2) is 5.45. The minimum Gasteiger partial charge on any atom is -0.322 e. The van der Waals surface area contributed by atoms with E-state index < -0.39 is 5.54 Å². The van der Waals surface area contributed by atoms with E-state index in [1.165, 1.54) is 10.2 Å². The first-order valence-corrected chi connectivity index (χ1v) is 7.23. The summed E-state index contributed by atoms with van der Waals surface area (Å²) in [5.74, 6) is 0. The van der Waals surface area contributed by atoms with Gasteiger partial charge < -0.3 is 5.73 Å². The van der Waals surface area contributed by atoms with Crippen LogP contribution in [0.2, 0.25) is 0 Å². The molecule has 1 aromatic heterocycles. The van der Waals surface area contributed by atoms with Crippen LogP contribution in [0.15, 0.2) is 29.1 Å². The van der Waals surface area contributed by atoms with Gasteiger partial charge >= 0.3 is 0 Å². The molecule has 0 saturated carbocycles. The van der Waals surface area contributed by atoms with Crippen molar-refractivity contribution in [3.8, 4) is 11.3 Å². The highest BCUT2D eigenvalue weighted by Gasteiger charge is 2.21. The van der Waals surface area contributed by atoms with Gasteiger partial charge in [-0.1, -0.05) is 23.8 Å². The normalized spacial score (nSPS) is 11.7. The molecule has 4 heteroatoms. The maximum atomic E-state index is 12.4. The van der Waals surface area contributed by atoms with Crippen LogP contribution < -0.4 is 11.3 Å². The highest BCUT2D eigenvalue weighted by atomic mass is 16.1. The van der Waals surface area contributed by atoms with Gasteiger partial charge in [0.1, 0.15) is 0 Å². The molecule has 0 aliphatic rings. The first-order chi connectivity index (χ1) is 9.74. The van der Waals surface area contributed by atoms with Crippen LogP contribution in [0.5, 0.6) is 0 Å². The molecule has 0 unspecified atom stereocenters. The number of nitrogens with zero attached hydrogens (tertiary/aromatic N) is 2. The van der Waals surface area contributed by atoms with Crippen molar-refractivity contribution in [3.05, 3.63) is 51.3 Å². The van der Waals surface area contributed by atoms with Crippen LogP contribution in [0, 0.1) is 13.8 Å². The molecule has 112 valence electrons. The molecule has 4 nitrogen and oxygen atoms in total. The van der Waals surface area contributed by atoms with Crippen LogP contribution in [0.3, 0.4) is 0 Å². The lowest BCUT2D eigenvalue weighted by Gasteiger charge is -2.20. The van der Waals surface area contributed by atoms with E-state index in [0.717, 1.165) is 16.8 Å². The van der Waals surface area contributed by atoms with E-state index in [4.69, 9.17) is 5.73 Å². The summed E-state index contributed by atoms with van der Waals surface area (Å²) in [6.45, 7) is 10.2. The second-order valence-corrected chi connectivity index (χ2v) is 6.10. The van der Waals surface area contributed by atoms with E-state index >= 15 is 0 Å². The molecule has 0 radical (unpaired) electrons. The second-order valence-electron chi connectivity index (χ2n) is 6.10. The van der Waals surface area contributed by atoms with Gasteiger partial charge in [0.25, 0.3) is 5.56 Å². The molecule has 2 aromatic rings. The zero-order valence-corrected chi connectivity index (χ0v) is 13.4. The Kier molecular flexibility index (Phi) is 4.01. The predicted octanol–water partition coefficient (Wildman–Crippen LogP) is 2.74. The lowest BCUT2D eigenvalue weighted by atomic mass is 9.94. The van der Waals surface area contributed by atoms with Gasteiger partial charge in [-0.15, -0.1) is 0 Å². The van der Waals surface area contributed by atoms with Gasteiger partial charge in [0.15, 0.2) is 0 Å². The van der Waals surface area contributed by atoms with E-state index in [1.54, 1.807) is 0 Å². The van der Waals surface area contributed by atoms with Crippen molar-refractivity contribution in [2.45, 2.75) is 46.7 Å². The number of benzene rings is 1. The number of hydrogen-bond acceptors (Lipinski definition) is 3. The minimum atomic E-state index is -0.690. The van der Waals surface area contributed by atoms with E-state index in [9.17, 15) is 4.79 Å². The summed E-state index contributed by atoms with van der Waals surface area (Å²) < 4.78 is 1.48. The van der Waals surface area contributed by atoms with Gasteiger partial charge in [0.05, 0.1) is 5.69 Å². The number of rotatable bonds is 3. The maximum absolute atomic E-state index is 12.4. The quantitative estimate of drug-likeness (QED) is 0.943. The van der Waals surface area contributed by atoms with E-state index in [1.807, 2.05) is 32.9 Å². The Morgan fingerprint density at radius 1 is 1.24 bits per heavy atom. The minimum absolute atomic E-state index is 0.112. The molecule has 0 saturated heterocycles. The van der Waals surface area contributed by atoms with Crippen LogP contribution in [0.1, 0.15) is 37.5 Å². The summed E-state index contributed by atoms with van der Waals surface area (Å²) in [4.78, 5) is 12.4. The van der Waals surface area contributed by atoms with Crippen LogP contribution in [-0.4, -0.2) is 9.78 Å². The number of nitrogens with two attached hydrogens (primary N) is 1. The summed E-state index contributed by atoms with van der Waals surface area (Å²) >= 11 is 0. The third kappa shape index (κ3) is 3.05. The fraction of sp³-hybridized carbons (Fsp3) is 0.412. The predicted molar refractivity (Wildman–Crippen MR) is 86.3 cm³/mol. The molecule has 0 bridgehead atoms. The average molecular weight is 285 g/mol. The Morgan fingerprint density at radius 2 is 1.90 bits per heavy atom. The van der Waals surface area contributed by atoms with E-state index in [2.05, 4.69) is 31.1 Å². The van der Waals surface area contributed by atoms with Crippen LogP contribution in [0.4, 0.5) is 0 Å². The van der Waals surface area contributed by atoms with Gasteiger partial charge in [-0.05, 0) is 46.2 Å². The molecule has 1 heterocycles. The summed E-state index contributed by atoms with van der Waals surface area (Å²) in [6.07, 6.45) is 0. The standard InChI is InChI=1S/C17H23N3O/c1-6-20-16(21)14(17(4,5)18)10-15(19-20)13-8-7-11(2)9-12(13)3/h7-10H,6,18H2,1-5H3. The highest BCUT2D eigenvalue weighted by Crippen LogP contribution is 2.24. The SMILES string of the molecule is CCn1nc(-c2ccc(C)cc2C)cc(C(C)(C)N)c1=O. The largest absolute Gasteiger partial charge is 0.322 e. The summed E-state index contributed by atoms with van der Waals surface area (Å²) in [7, 11) is 0. The third-order valence-corrected chi connectivity index (χ3v) is 3.63. The summed E-state index contributed by atoms with van der Waals surface area (Å²) in [6, 6.07) is 8.04. The molecule has 0 atom stereocenters. The molecular weight excluding hydrogens is 262 g/mol. The molecule has 21 heavy (non-hydrogen) atoms. The Labute approximate surface area is 125 Å². The zero-order chi connectivity index (χ0) is 15.8. The van der Waals surface area contributed by atoms with Crippen molar-refractivity contribution < 1.29 is 0 Å². The first-order valence-electron chi connectivity index (χ1n) is 7.23. The maximum Gasteiger partial charge on any atom is 0.271 e. The van der Waals surface area contributed by atoms with Gasteiger partial charge in [0.2, 0.25) is 0 Å². The van der Waals surface area contributed by atoms with E-state index in [0.29, 0.717) is 12.1 Å². The van der Waals surface area contributed by atoms with Gasteiger partial charge in [0, 0.05) is 23.2 Å². The average Bonchev–Trinajstić information content (AvgIpc) is 2.38. The van der Waals surface area contributed by atoms with Gasteiger partial charge in [-0.3, -0.25) is 4.79 Å². The molecule has 2 rings (SSSR count). The Hall–Kier alpha value is -1.94. The Bertz CT molecular complexity index is 724. The van der Waals surface area contributed by atoms with Crippen molar-refractivity contribution in [2.24, 2.45) is 5.73 Å². The molecule has 0 spiro atoms.